The summed E-state index contributed by atoms with van der Waals surface area (Å²) in [6, 6.07) is 6.86. The molecule has 0 spiro atoms. The van der Waals surface area contributed by atoms with E-state index < -0.39 is 0 Å². The summed E-state index contributed by atoms with van der Waals surface area (Å²) in [5.74, 6) is -0.301. The molecule has 1 aromatic rings. The quantitative estimate of drug-likeness (QED) is 0.733. The lowest BCUT2D eigenvalue weighted by Gasteiger charge is -2.07. The lowest BCUT2D eigenvalue weighted by molar-refractivity contribution is -0.117. The Labute approximate surface area is 106 Å². The van der Waals surface area contributed by atoms with E-state index in [9.17, 15) is 9.59 Å². The van der Waals surface area contributed by atoms with Crippen LogP contribution in [0.2, 0.25) is 0 Å². The highest BCUT2D eigenvalue weighted by Gasteiger charge is 2.39. The van der Waals surface area contributed by atoms with E-state index in [0.29, 0.717) is 17.8 Å². The number of benzene rings is 1. The molecule has 1 saturated carbocycles. The highest BCUT2D eigenvalue weighted by molar-refractivity contribution is 5.98. The Bertz CT molecular complexity index is 473. The molecule has 1 aliphatic carbocycles. The summed E-state index contributed by atoms with van der Waals surface area (Å²) in [5, 5.41) is 5.49. The Hall–Kier alpha value is -1.88. The van der Waals surface area contributed by atoms with Crippen molar-refractivity contribution < 1.29 is 9.59 Å². The fourth-order valence-corrected chi connectivity index (χ4v) is 1.75. The molecule has 2 rings (SSSR count). The van der Waals surface area contributed by atoms with Gasteiger partial charge in [-0.25, -0.2) is 0 Å². The number of carbonyl (C=O) groups is 2. The van der Waals surface area contributed by atoms with Crippen LogP contribution in [0.3, 0.4) is 0 Å². The van der Waals surface area contributed by atoms with Gasteiger partial charge in [0.05, 0.1) is 5.92 Å². The van der Waals surface area contributed by atoms with Crippen molar-refractivity contribution in [2.75, 3.05) is 11.9 Å². The van der Waals surface area contributed by atoms with Gasteiger partial charge in [-0.3, -0.25) is 9.59 Å². The first-order valence-electron chi connectivity index (χ1n) is 6.06. The number of amides is 2. The maximum absolute atomic E-state index is 11.7. The Morgan fingerprint density at radius 3 is 2.78 bits per heavy atom. The topological polar surface area (TPSA) is 84.2 Å². The van der Waals surface area contributed by atoms with Gasteiger partial charge in [0.1, 0.15) is 0 Å². The molecule has 0 radical (unpaired) electrons. The average molecular weight is 247 g/mol. The molecule has 96 valence electrons. The number of nitrogens with one attached hydrogen (secondary N) is 2. The lowest BCUT2D eigenvalue weighted by atomic mass is 10.2. The molecule has 4 N–H and O–H groups in total. The van der Waals surface area contributed by atoms with Crippen LogP contribution in [0.1, 0.15) is 23.7 Å². The van der Waals surface area contributed by atoms with Gasteiger partial charge in [0.15, 0.2) is 0 Å². The predicted octanol–water partition coefficient (Wildman–Crippen LogP) is 0.722. The van der Waals surface area contributed by atoms with E-state index in [0.717, 1.165) is 6.42 Å². The first-order chi connectivity index (χ1) is 8.61. The zero-order chi connectivity index (χ0) is 13.1. The molecule has 1 fully saturated rings. The molecule has 2 atom stereocenters. The van der Waals surface area contributed by atoms with Crippen molar-refractivity contribution in [1.29, 1.82) is 0 Å². The van der Waals surface area contributed by atoms with Gasteiger partial charge in [0.2, 0.25) is 5.91 Å². The largest absolute Gasteiger partial charge is 0.352 e. The van der Waals surface area contributed by atoms with E-state index in [1.165, 1.54) is 0 Å². The molecule has 2 amide bonds. The normalized spacial score (nSPS) is 21.2. The third kappa shape index (κ3) is 2.87. The van der Waals surface area contributed by atoms with Crippen LogP contribution < -0.4 is 16.4 Å². The molecular weight excluding hydrogens is 230 g/mol. The van der Waals surface area contributed by atoms with Crippen LogP contribution in [0.5, 0.6) is 0 Å². The summed E-state index contributed by atoms with van der Waals surface area (Å²) in [6.07, 6.45) is 0.738. The second-order valence-electron chi connectivity index (χ2n) is 4.44. The van der Waals surface area contributed by atoms with Crippen molar-refractivity contribution in [3.63, 3.8) is 0 Å². The zero-order valence-electron chi connectivity index (χ0n) is 10.3. The summed E-state index contributed by atoms with van der Waals surface area (Å²) < 4.78 is 0. The van der Waals surface area contributed by atoms with E-state index in [-0.39, 0.29) is 23.8 Å². The van der Waals surface area contributed by atoms with Gasteiger partial charge in [-0.15, -0.1) is 0 Å². The number of rotatable bonds is 4. The molecule has 18 heavy (non-hydrogen) atoms. The molecule has 2 unspecified atom stereocenters. The minimum Gasteiger partial charge on any atom is -0.352 e. The van der Waals surface area contributed by atoms with Crippen molar-refractivity contribution in [3.8, 4) is 0 Å². The Kier molecular flexibility index (Phi) is 3.62. The predicted molar refractivity (Wildman–Crippen MR) is 69.2 cm³/mol. The van der Waals surface area contributed by atoms with Crippen molar-refractivity contribution >= 4 is 17.5 Å². The monoisotopic (exact) mass is 247 g/mol. The highest BCUT2D eigenvalue weighted by atomic mass is 16.2. The van der Waals surface area contributed by atoms with Gasteiger partial charge in [-0.05, 0) is 31.5 Å². The SMILES string of the molecule is CCNC(=O)c1cccc(NC(=O)C2CC2N)c1. The molecule has 0 saturated heterocycles. The lowest BCUT2D eigenvalue weighted by Crippen LogP contribution is -2.23. The number of hydrogen-bond donors (Lipinski definition) is 3. The van der Waals surface area contributed by atoms with Crippen LogP contribution in [0, 0.1) is 5.92 Å². The van der Waals surface area contributed by atoms with Crippen molar-refractivity contribution in [2.45, 2.75) is 19.4 Å². The van der Waals surface area contributed by atoms with Crippen LogP contribution in [0.15, 0.2) is 24.3 Å². The van der Waals surface area contributed by atoms with Gasteiger partial charge in [-0.1, -0.05) is 6.07 Å². The van der Waals surface area contributed by atoms with Crippen LogP contribution in [0.4, 0.5) is 5.69 Å². The number of hydrogen-bond acceptors (Lipinski definition) is 3. The summed E-state index contributed by atoms with van der Waals surface area (Å²) >= 11 is 0. The van der Waals surface area contributed by atoms with Gasteiger partial charge in [0.25, 0.3) is 5.91 Å². The Morgan fingerprint density at radius 1 is 1.44 bits per heavy atom. The van der Waals surface area contributed by atoms with Gasteiger partial charge >= 0.3 is 0 Å². The maximum Gasteiger partial charge on any atom is 0.251 e. The van der Waals surface area contributed by atoms with Gasteiger partial charge in [0, 0.05) is 23.8 Å². The third-order valence-corrected chi connectivity index (χ3v) is 2.91. The summed E-state index contributed by atoms with van der Waals surface area (Å²) in [5.41, 5.74) is 6.78. The molecule has 5 heteroatoms. The molecule has 0 heterocycles. The molecule has 0 bridgehead atoms. The van der Waals surface area contributed by atoms with Gasteiger partial charge in [-0.2, -0.15) is 0 Å². The molecule has 0 aliphatic heterocycles. The molecule has 0 aromatic heterocycles. The minimum atomic E-state index is -0.142. The van der Waals surface area contributed by atoms with E-state index in [2.05, 4.69) is 10.6 Å². The van der Waals surface area contributed by atoms with Crippen molar-refractivity contribution in [3.05, 3.63) is 29.8 Å². The fraction of sp³-hybridized carbons (Fsp3) is 0.385. The fourth-order valence-electron chi connectivity index (χ4n) is 1.75. The number of anilines is 1. The second-order valence-corrected chi connectivity index (χ2v) is 4.44. The third-order valence-electron chi connectivity index (χ3n) is 2.91. The maximum atomic E-state index is 11.7. The molecular formula is C13H17N3O2. The highest BCUT2D eigenvalue weighted by Crippen LogP contribution is 2.29. The first-order valence-corrected chi connectivity index (χ1v) is 6.06. The number of nitrogens with two attached hydrogens (primary N) is 1. The second kappa shape index (κ2) is 5.18. The standard InChI is InChI=1S/C13H17N3O2/c1-2-15-12(17)8-4-3-5-9(6-8)16-13(18)10-7-11(10)14/h3-6,10-11H,2,7,14H2,1H3,(H,15,17)(H,16,18). The van der Waals surface area contributed by atoms with Crippen LogP contribution in [0.25, 0.3) is 0 Å². The first kappa shape index (κ1) is 12.6. The van der Waals surface area contributed by atoms with Crippen molar-refractivity contribution in [1.82, 2.24) is 5.32 Å². The van der Waals surface area contributed by atoms with Crippen LogP contribution in [-0.4, -0.2) is 24.4 Å². The van der Waals surface area contributed by atoms with Crippen LogP contribution >= 0.6 is 0 Å². The van der Waals surface area contributed by atoms with Gasteiger partial charge < -0.3 is 16.4 Å². The van der Waals surface area contributed by atoms with E-state index in [1.54, 1.807) is 24.3 Å². The summed E-state index contributed by atoms with van der Waals surface area (Å²) in [4.78, 5) is 23.3. The zero-order valence-corrected chi connectivity index (χ0v) is 10.3. The van der Waals surface area contributed by atoms with Crippen molar-refractivity contribution in [2.24, 2.45) is 11.7 Å². The molecule has 5 nitrogen and oxygen atoms in total. The van der Waals surface area contributed by atoms with E-state index in [1.807, 2.05) is 6.92 Å². The minimum absolute atomic E-state index is 0.0171. The average Bonchev–Trinajstić information content (AvgIpc) is 3.07. The molecule has 1 aromatic carbocycles. The summed E-state index contributed by atoms with van der Waals surface area (Å²) in [6.45, 7) is 2.43. The van der Waals surface area contributed by atoms with E-state index in [4.69, 9.17) is 5.73 Å². The molecule has 1 aliphatic rings. The Balaban J connectivity index is 2.03. The van der Waals surface area contributed by atoms with E-state index >= 15 is 0 Å². The Morgan fingerprint density at radius 2 is 2.17 bits per heavy atom. The van der Waals surface area contributed by atoms with Crippen LogP contribution in [-0.2, 0) is 4.79 Å². The summed E-state index contributed by atoms with van der Waals surface area (Å²) in [7, 11) is 0. The smallest absolute Gasteiger partial charge is 0.251 e. The number of carbonyl (C=O) groups excluding carboxylic acids is 2.